The Kier molecular flexibility index (Phi) is 8.02. The fourth-order valence-corrected chi connectivity index (χ4v) is 4.60. The summed E-state index contributed by atoms with van der Waals surface area (Å²) in [6, 6.07) is 2.04. The van der Waals surface area contributed by atoms with Crippen molar-refractivity contribution in [1.29, 1.82) is 5.26 Å². The van der Waals surface area contributed by atoms with Gasteiger partial charge in [0.25, 0.3) is 11.5 Å². The maximum atomic E-state index is 12.9. The van der Waals surface area contributed by atoms with Gasteiger partial charge in [-0.2, -0.15) is 5.26 Å². The molecule has 1 aromatic heterocycles. The third-order valence-corrected chi connectivity index (χ3v) is 6.27. The normalized spacial score (nSPS) is 15.3. The smallest absolute Gasteiger partial charge is 0.270 e. The van der Waals surface area contributed by atoms with E-state index < -0.39 is 0 Å². The molecule has 1 amide bonds. The minimum Gasteiger partial charge on any atom is -0.383 e. The summed E-state index contributed by atoms with van der Waals surface area (Å²) >= 11 is 6.59. The highest BCUT2D eigenvalue weighted by Crippen LogP contribution is 2.35. The van der Waals surface area contributed by atoms with Gasteiger partial charge in [-0.3, -0.25) is 19.1 Å². The molecule has 0 radical (unpaired) electrons. The Labute approximate surface area is 180 Å². The summed E-state index contributed by atoms with van der Waals surface area (Å²) < 4.78 is 7.15. The van der Waals surface area contributed by atoms with Gasteiger partial charge in [0.15, 0.2) is 0 Å². The Bertz CT molecular complexity index is 943. The molecule has 2 heterocycles. The number of amides is 1. The molecule has 0 saturated carbocycles. The van der Waals surface area contributed by atoms with Crippen LogP contribution < -0.4 is 10.5 Å². The van der Waals surface area contributed by atoms with Gasteiger partial charge in [0.2, 0.25) is 0 Å². The number of hydrogen-bond donors (Lipinski definition) is 0. The van der Waals surface area contributed by atoms with Gasteiger partial charge in [-0.25, -0.2) is 0 Å². The number of hydrogen-bond acceptors (Lipinski definition) is 7. The van der Waals surface area contributed by atoms with Crippen molar-refractivity contribution in [3.8, 4) is 6.07 Å². The zero-order valence-corrected chi connectivity index (χ0v) is 19.1. The number of aromatic nitrogens is 1. The highest BCUT2D eigenvalue weighted by Gasteiger charge is 2.32. The summed E-state index contributed by atoms with van der Waals surface area (Å²) in [5.74, 6) is 0.538. The lowest BCUT2D eigenvalue weighted by atomic mass is 10.0. The molecule has 156 valence electrons. The molecule has 0 aliphatic carbocycles. The van der Waals surface area contributed by atoms with Crippen LogP contribution in [0.2, 0.25) is 0 Å². The van der Waals surface area contributed by atoms with Crippen molar-refractivity contribution in [2.45, 2.75) is 34.2 Å². The Morgan fingerprint density at radius 1 is 1.28 bits per heavy atom. The number of methoxy groups -OCH3 is 1. The fraction of sp³-hybridized carbons (Fsp3) is 0.500. The van der Waals surface area contributed by atoms with E-state index in [0.29, 0.717) is 53.1 Å². The summed E-state index contributed by atoms with van der Waals surface area (Å²) in [6.45, 7) is 10.2. The molecule has 0 N–H and O–H groups in total. The largest absolute Gasteiger partial charge is 0.383 e. The number of ether oxygens (including phenoxy) is 1. The number of thiocarbonyl (C=S) groups is 1. The van der Waals surface area contributed by atoms with Crippen molar-refractivity contribution < 1.29 is 9.53 Å². The quantitative estimate of drug-likeness (QED) is 0.460. The van der Waals surface area contributed by atoms with Crippen molar-refractivity contribution in [1.82, 2.24) is 9.47 Å². The molecule has 1 aromatic rings. The van der Waals surface area contributed by atoms with E-state index in [1.165, 1.54) is 16.7 Å². The number of thioether (sulfide) groups is 1. The molecule has 0 unspecified atom stereocenters. The SMILES string of the molecule is CCN(CC)c1c(/C=C2\SC(=S)N(CCOC)C2=O)c(C)c(C#N)c(=O)n1CC. The number of anilines is 1. The van der Waals surface area contributed by atoms with Crippen LogP contribution in [0.3, 0.4) is 0 Å². The second-order valence-corrected chi connectivity index (χ2v) is 8.07. The van der Waals surface area contributed by atoms with Crippen LogP contribution in [-0.2, 0) is 16.1 Å². The fourth-order valence-electron chi connectivity index (χ4n) is 3.31. The lowest BCUT2D eigenvalue weighted by Crippen LogP contribution is -2.34. The van der Waals surface area contributed by atoms with Gasteiger partial charge >= 0.3 is 0 Å². The van der Waals surface area contributed by atoms with E-state index in [-0.39, 0.29) is 17.0 Å². The average Bonchev–Trinajstić information content (AvgIpc) is 2.97. The molecule has 1 aliphatic heterocycles. The van der Waals surface area contributed by atoms with Crippen LogP contribution in [0.15, 0.2) is 9.70 Å². The molecule has 0 atom stereocenters. The van der Waals surface area contributed by atoms with E-state index in [1.54, 1.807) is 24.7 Å². The maximum Gasteiger partial charge on any atom is 0.270 e. The van der Waals surface area contributed by atoms with Crippen LogP contribution in [0.5, 0.6) is 0 Å². The van der Waals surface area contributed by atoms with Crippen LogP contribution in [0, 0.1) is 18.3 Å². The van der Waals surface area contributed by atoms with E-state index in [9.17, 15) is 14.9 Å². The Balaban J connectivity index is 2.73. The number of carbonyl (C=O) groups excluding carboxylic acids is 1. The molecule has 0 spiro atoms. The summed E-state index contributed by atoms with van der Waals surface area (Å²) in [6.07, 6.45) is 1.77. The van der Waals surface area contributed by atoms with Crippen molar-refractivity contribution in [2.24, 2.45) is 0 Å². The first kappa shape index (κ1) is 23.1. The maximum absolute atomic E-state index is 12.9. The molecular weight excluding hydrogens is 408 g/mol. The highest BCUT2D eigenvalue weighted by atomic mass is 32.2. The predicted molar refractivity (Wildman–Crippen MR) is 121 cm³/mol. The summed E-state index contributed by atoms with van der Waals surface area (Å²) in [5.41, 5.74) is 1.08. The molecule has 9 heteroatoms. The first-order valence-corrected chi connectivity index (χ1v) is 10.7. The molecule has 1 aliphatic rings. The highest BCUT2D eigenvalue weighted by molar-refractivity contribution is 8.26. The average molecular weight is 435 g/mol. The standard InChI is InChI=1S/C20H26N4O3S2/c1-6-22(7-2)17-14(13(4)15(12-21)18(25)23(17)8-3)11-16-19(26)24(9-10-27-5)20(28)29-16/h11H,6-10H2,1-5H3/b16-11-. The van der Waals surface area contributed by atoms with Crippen LogP contribution in [0.25, 0.3) is 6.08 Å². The van der Waals surface area contributed by atoms with Crippen molar-refractivity contribution in [3.63, 3.8) is 0 Å². The molecular formula is C20H26N4O3S2. The first-order valence-electron chi connectivity index (χ1n) is 9.52. The number of nitrogens with zero attached hydrogens (tertiary/aromatic N) is 4. The molecule has 1 saturated heterocycles. The lowest BCUT2D eigenvalue weighted by molar-refractivity contribution is -0.122. The number of nitriles is 1. The lowest BCUT2D eigenvalue weighted by Gasteiger charge is -2.28. The molecule has 2 rings (SSSR count). The predicted octanol–water partition coefficient (Wildman–Crippen LogP) is 2.74. The molecule has 29 heavy (non-hydrogen) atoms. The van der Waals surface area contributed by atoms with Crippen molar-refractivity contribution >= 4 is 46.1 Å². The number of pyridine rings is 1. The summed E-state index contributed by atoms with van der Waals surface area (Å²) in [5, 5.41) is 9.57. The zero-order valence-electron chi connectivity index (χ0n) is 17.4. The monoisotopic (exact) mass is 434 g/mol. The van der Waals surface area contributed by atoms with Crippen LogP contribution in [0.4, 0.5) is 5.82 Å². The van der Waals surface area contributed by atoms with Crippen LogP contribution >= 0.6 is 24.0 Å². The van der Waals surface area contributed by atoms with E-state index in [1.807, 2.05) is 26.8 Å². The topological polar surface area (TPSA) is 78.6 Å². The molecule has 7 nitrogen and oxygen atoms in total. The van der Waals surface area contributed by atoms with Crippen molar-refractivity contribution in [3.05, 3.63) is 31.9 Å². The molecule has 0 aromatic carbocycles. The van der Waals surface area contributed by atoms with Gasteiger partial charge in [0.05, 0.1) is 18.1 Å². The first-order chi connectivity index (χ1) is 13.9. The van der Waals surface area contributed by atoms with Crippen molar-refractivity contribution in [2.75, 3.05) is 38.3 Å². The Morgan fingerprint density at radius 2 is 1.93 bits per heavy atom. The van der Waals surface area contributed by atoms with Gasteiger partial charge in [0.1, 0.15) is 21.8 Å². The van der Waals surface area contributed by atoms with Gasteiger partial charge in [-0.05, 0) is 39.3 Å². The number of rotatable bonds is 8. The summed E-state index contributed by atoms with van der Waals surface area (Å²) in [7, 11) is 1.57. The Hall–Kier alpha value is -2.15. The summed E-state index contributed by atoms with van der Waals surface area (Å²) in [4.78, 5) is 29.8. The van der Waals surface area contributed by atoms with Gasteiger partial charge in [-0.1, -0.05) is 24.0 Å². The van der Waals surface area contributed by atoms with E-state index in [0.717, 1.165) is 5.82 Å². The second-order valence-electron chi connectivity index (χ2n) is 6.40. The third-order valence-electron chi connectivity index (χ3n) is 4.89. The van der Waals surface area contributed by atoms with Gasteiger partial charge in [-0.15, -0.1) is 0 Å². The van der Waals surface area contributed by atoms with Gasteiger partial charge < -0.3 is 9.64 Å². The second kappa shape index (κ2) is 10.1. The molecule has 0 bridgehead atoms. The third kappa shape index (κ3) is 4.39. The van der Waals surface area contributed by atoms with E-state index >= 15 is 0 Å². The Morgan fingerprint density at radius 3 is 2.45 bits per heavy atom. The van der Waals surface area contributed by atoms with Crippen LogP contribution in [0.1, 0.15) is 37.5 Å². The molecule has 1 fully saturated rings. The van der Waals surface area contributed by atoms with Gasteiger partial charge in [0, 0.05) is 32.3 Å². The van der Waals surface area contributed by atoms with E-state index in [2.05, 4.69) is 4.90 Å². The van der Waals surface area contributed by atoms with E-state index in [4.69, 9.17) is 17.0 Å². The number of carbonyl (C=O) groups is 1. The zero-order chi connectivity index (χ0) is 21.7. The minimum atomic E-state index is -0.306. The minimum absolute atomic E-state index is 0.101. The van der Waals surface area contributed by atoms with Crippen LogP contribution in [-0.4, -0.2) is 53.0 Å².